The minimum atomic E-state index is -0.255. The molecule has 2 nitrogen and oxygen atoms in total. The van der Waals surface area contributed by atoms with Crippen LogP contribution in [0.15, 0.2) is 12.7 Å². The van der Waals surface area contributed by atoms with E-state index in [9.17, 15) is 0 Å². The first-order valence-electron chi connectivity index (χ1n) is 4.51. The minimum Gasteiger partial charge on any atom is -0.353 e. The van der Waals surface area contributed by atoms with Gasteiger partial charge < -0.3 is 9.47 Å². The Bertz CT molecular complexity index is 134. The van der Waals surface area contributed by atoms with Crippen molar-refractivity contribution >= 4 is 0 Å². The Hall–Kier alpha value is -0.340. The molecule has 2 unspecified atom stereocenters. The van der Waals surface area contributed by atoms with Crippen molar-refractivity contribution in [3.63, 3.8) is 0 Å². The molecule has 0 aliphatic carbocycles. The van der Waals surface area contributed by atoms with Crippen molar-refractivity contribution in [2.75, 3.05) is 6.61 Å². The van der Waals surface area contributed by atoms with Gasteiger partial charge in [-0.2, -0.15) is 0 Å². The van der Waals surface area contributed by atoms with E-state index in [1.54, 1.807) is 0 Å². The Morgan fingerprint density at radius 3 is 2.42 bits per heavy atom. The molecule has 0 rings (SSSR count). The second-order valence-electron chi connectivity index (χ2n) is 3.01. The highest BCUT2D eigenvalue weighted by atomic mass is 16.7. The van der Waals surface area contributed by atoms with E-state index in [1.807, 2.05) is 26.8 Å². The zero-order valence-corrected chi connectivity index (χ0v) is 8.59. The lowest BCUT2D eigenvalue weighted by Crippen LogP contribution is -2.30. The van der Waals surface area contributed by atoms with Crippen molar-refractivity contribution < 1.29 is 9.47 Å². The molecule has 2 heteroatoms. The summed E-state index contributed by atoms with van der Waals surface area (Å²) in [5.74, 6) is 0. The third-order valence-corrected chi connectivity index (χ3v) is 1.97. The van der Waals surface area contributed by atoms with Crippen LogP contribution in [0.25, 0.3) is 0 Å². The average molecular weight is 172 g/mol. The summed E-state index contributed by atoms with van der Waals surface area (Å²) in [6, 6.07) is 0. The summed E-state index contributed by atoms with van der Waals surface area (Å²) >= 11 is 0. The molecular formula is C10H20O2. The Morgan fingerprint density at radius 2 is 2.08 bits per heavy atom. The molecule has 0 N–H and O–H groups in total. The summed E-state index contributed by atoms with van der Waals surface area (Å²) in [4.78, 5) is 0. The standard InChI is InChI=1S/C10H20O2/c1-6-10(5,7-2)12-9(4)11-8-3/h6,9H,1,7-8H2,2-5H3. The molecule has 0 aliphatic rings. The van der Waals surface area contributed by atoms with Crippen LogP contribution in [0.4, 0.5) is 0 Å². The van der Waals surface area contributed by atoms with E-state index in [1.165, 1.54) is 0 Å². The van der Waals surface area contributed by atoms with Crippen molar-refractivity contribution in [3.8, 4) is 0 Å². The van der Waals surface area contributed by atoms with E-state index in [0.29, 0.717) is 6.61 Å². The molecule has 0 bridgehead atoms. The van der Waals surface area contributed by atoms with Gasteiger partial charge in [0.2, 0.25) is 0 Å². The first-order chi connectivity index (χ1) is 5.58. The van der Waals surface area contributed by atoms with Crippen LogP contribution in [-0.2, 0) is 9.47 Å². The lowest BCUT2D eigenvalue weighted by molar-refractivity contribution is -0.179. The van der Waals surface area contributed by atoms with Crippen molar-refractivity contribution in [2.45, 2.75) is 46.0 Å². The molecule has 0 saturated carbocycles. The van der Waals surface area contributed by atoms with Crippen molar-refractivity contribution in [3.05, 3.63) is 12.7 Å². The second kappa shape index (κ2) is 5.33. The second-order valence-corrected chi connectivity index (χ2v) is 3.01. The highest BCUT2D eigenvalue weighted by Gasteiger charge is 2.21. The van der Waals surface area contributed by atoms with E-state index < -0.39 is 0 Å². The van der Waals surface area contributed by atoms with Crippen molar-refractivity contribution in [2.24, 2.45) is 0 Å². The third-order valence-electron chi connectivity index (χ3n) is 1.97. The van der Waals surface area contributed by atoms with E-state index in [0.717, 1.165) is 6.42 Å². The van der Waals surface area contributed by atoms with Crippen LogP contribution in [0.3, 0.4) is 0 Å². The molecule has 72 valence electrons. The topological polar surface area (TPSA) is 18.5 Å². The van der Waals surface area contributed by atoms with Gasteiger partial charge in [-0.3, -0.25) is 0 Å². The van der Waals surface area contributed by atoms with Crippen LogP contribution in [0.1, 0.15) is 34.1 Å². The molecule has 0 spiro atoms. The van der Waals surface area contributed by atoms with Crippen LogP contribution >= 0.6 is 0 Å². The highest BCUT2D eigenvalue weighted by molar-refractivity contribution is 4.92. The molecule has 0 aliphatic heterocycles. The number of rotatable bonds is 6. The fourth-order valence-corrected chi connectivity index (χ4v) is 0.924. The Kier molecular flexibility index (Phi) is 5.18. The molecule has 0 aromatic rings. The largest absolute Gasteiger partial charge is 0.353 e. The highest BCUT2D eigenvalue weighted by Crippen LogP contribution is 2.18. The number of hydrogen-bond donors (Lipinski definition) is 0. The van der Waals surface area contributed by atoms with Crippen LogP contribution in [0.2, 0.25) is 0 Å². The van der Waals surface area contributed by atoms with Crippen LogP contribution in [0, 0.1) is 0 Å². The summed E-state index contributed by atoms with van der Waals surface area (Å²) in [6.45, 7) is 12.4. The molecule has 0 heterocycles. The molecule has 0 fully saturated rings. The molecule has 0 radical (unpaired) electrons. The van der Waals surface area contributed by atoms with Gasteiger partial charge in [-0.15, -0.1) is 6.58 Å². The van der Waals surface area contributed by atoms with E-state index >= 15 is 0 Å². The molecule has 0 aromatic carbocycles. The Morgan fingerprint density at radius 1 is 1.50 bits per heavy atom. The average Bonchev–Trinajstić information content (AvgIpc) is 2.05. The minimum absolute atomic E-state index is 0.155. The summed E-state index contributed by atoms with van der Waals surface area (Å²) in [7, 11) is 0. The van der Waals surface area contributed by atoms with Crippen molar-refractivity contribution in [1.29, 1.82) is 0 Å². The molecule has 2 atom stereocenters. The monoisotopic (exact) mass is 172 g/mol. The fraction of sp³-hybridized carbons (Fsp3) is 0.800. The van der Waals surface area contributed by atoms with Gasteiger partial charge in [0.25, 0.3) is 0 Å². The third kappa shape index (κ3) is 3.88. The first-order valence-corrected chi connectivity index (χ1v) is 4.51. The van der Waals surface area contributed by atoms with Crippen molar-refractivity contribution in [1.82, 2.24) is 0 Å². The maximum Gasteiger partial charge on any atom is 0.155 e. The van der Waals surface area contributed by atoms with Crippen LogP contribution in [-0.4, -0.2) is 18.5 Å². The van der Waals surface area contributed by atoms with Gasteiger partial charge in [-0.1, -0.05) is 13.0 Å². The van der Waals surface area contributed by atoms with Gasteiger partial charge >= 0.3 is 0 Å². The zero-order valence-electron chi connectivity index (χ0n) is 8.59. The lowest BCUT2D eigenvalue weighted by atomic mass is 10.0. The SMILES string of the molecule is C=CC(C)(CC)OC(C)OCC. The lowest BCUT2D eigenvalue weighted by Gasteiger charge is -2.28. The number of hydrogen-bond acceptors (Lipinski definition) is 2. The van der Waals surface area contributed by atoms with E-state index in [4.69, 9.17) is 9.47 Å². The molecule has 0 aromatic heterocycles. The summed E-state index contributed by atoms with van der Waals surface area (Å²) in [6.07, 6.45) is 2.58. The maximum absolute atomic E-state index is 5.64. The Balaban J connectivity index is 3.92. The van der Waals surface area contributed by atoms with Crippen LogP contribution in [0.5, 0.6) is 0 Å². The van der Waals surface area contributed by atoms with E-state index in [2.05, 4.69) is 13.5 Å². The fourth-order valence-electron chi connectivity index (χ4n) is 0.924. The molecule has 0 saturated heterocycles. The zero-order chi connectivity index (χ0) is 9.61. The first kappa shape index (κ1) is 11.7. The van der Waals surface area contributed by atoms with Gasteiger partial charge in [0.1, 0.15) is 0 Å². The van der Waals surface area contributed by atoms with Gasteiger partial charge in [0.15, 0.2) is 6.29 Å². The van der Waals surface area contributed by atoms with Gasteiger partial charge in [-0.25, -0.2) is 0 Å². The number of ether oxygens (including phenoxy) is 2. The molecule has 0 amide bonds. The maximum atomic E-state index is 5.64. The summed E-state index contributed by atoms with van der Waals surface area (Å²) in [5, 5.41) is 0. The molecule has 12 heavy (non-hydrogen) atoms. The predicted molar refractivity (Wildman–Crippen MR) is 51.1 cm³/mol. The smallest absolute Gasteiger partial charge is 0.155 e. The summed E-state index contributed by atoms with van der Waals surface area (Å²) < 4.78 is 10.9. The predicted octanol–water partition coefficient (Wildman–Crippen LogP) is 2.74. The summed E-state index contributed by atoms with van der Waals surface area (Å²) in [5.41, 5.74) is -0.255. The molecular weight excluding hydrogens is 152 g/mol. The van der Waals surface area contributed by atoms with Gasteiger partial charge in [0, 0.05) is 6.61 Å². The Labute approximate surface area is 75.6 Å². The quantitative estimate of drug-likeness (QED) is 0.453. The van der Waals surface area contributed by atoms with Gasteiger partial charge in [0.05, 0.1) is 5.60 Å². The van der Waals surface area contributed by atoms with E-state index in [-0.39, 0.29) is 11.9 Å². The van der Waals surface area contributed by atoms with Gasteiger partial charge in [-0.05, 0) is 27.2 Å². The normalized spacial score (nSPS) is 18.3. The van der Waals surface area contributed by atoms with Crippen LogP contribution < -0.4 is 0 Å².